The number of fused-ring (bicyclic) bond motifs is 1. The molecule has 1 fully saturated rings. The summed E-state index contributed by atoms with van der Waals surface area (Å²) in [4.78, 5) is 30.4. The second-order valence-electron chi connectivity index (χ2n) is 8.95. The number of piperidine rings is 1. The molecule has 0 bridgehead atoms. The van der Waals surface area contributed by atoms with E-state index in [0.29, 0.717) is 19.0 Å². The zero-order chi connectivity index (χ0) is 22.5. The van der Waals surface area contributed by atoms with Gasteiger partial charge in [0.25, 0.3) is 0 Å². The Morgan fingerprint density at radius 1 is 1.03 bits per heavy atom. The predicted molar refractivity (Wildman–Crippen MR) is 124 cm³/mol. The molecular weight excluding hydrogens is 402 g/mol. The fourth-order valence-corrected chi connectivity index (χ4v) is 4.66. The van der Waals surface area contributed by atoms with Gasteiger partial charge in [-0.3, -0.25) is 14.5 Å². The summed E-state index contributed by atoms with van der Waals surface area (Å²) in [6.45, 7) is 5.22. The van der Waals surface area contributed by atoms with Gasteiger partial charge in [0.05, 0.1) is 13.7 Å². The number of amides is 2. The summed E-state index contributed by atoms with van der Waals surface area (Å²) in [6.07, 6.45) is 2.94. The van der Waals surface area contributed by atoms with Crippen molar-refractivity contribution in [1.29, 1.82) is 0 Å². The number of methoxy groups -OCH3 is 1. The summed E-state index contributed by atoms with van der Waals surface area (Å²) in [6, 6.07) is 15.4. The van der Waals surface area contributed by atoms with Crippen molar-refractivity contribution in [3.63, 3.8) is 0 Å². The second kappa shape index (κ2) is 10.2. The first-order valence-corrected chi connectivity index (χ1v) is 11.6. The first kappa shape index (κ1) is 22.3. The average molecular weight is 436 g/mol. The largest absolute Gasteiger partial charge is 0.497 e. The van der Waals surface area contributed by atoms with Gasteiger partial charge in [0.2, 0.25) is 11.8 Å². The number of carbonyl (C=O) groups excluding carboxylic acids is 2. The second-order valence-corrected chi connectivity index (χ2v) is 8.95. The van der Waals surface area contributed by atoms with Crippen molar-refractivity contribution in [2.24, 2.45) is 5.92 Å². The van der Waals surface area contributed by atoms with Gasteiger partial charge in [-0.15, -0.1) is 0 Å². The summed E-state index contributed by atoms with van der Waals surface area (Å²) in [5.74, 6) is 1.52. The molecule has 1 N–H and O–H groups in total. The van der Waals surface area contributed by atoms with E-state index in [4.69, 9.17) is 4.74 Å². The maximum Gasteiger partial charge on any atom is 0.244 e. The lowest BCUT2D eigenvalue weighted by Crippen LogP contribution is -2.50. The summed E-state index contributed by atoms with van der Waals surface area (Å²) in [5.41, 5.74) is 3.27. The summed E-state index contributed by atoms with van der Waals surface area (Å²) < 4.78 is 5.18. The number of nitrogens with zero attached hydrogens (tertiary/aromatic N) is 2. The van der Waals surface area contributed by atoms with E-state index in [0.717, 1.165) is 49.2 Å². The van der Waals surface area contributed by atoms with Crippen LogP contribution in [0.4, 0.5) is 0 Å². The van der Waals surface area contributed by atoms with Gasteiger partial charge in [-0.2, -0.15) is 0 Å². The fourth-order valence-electron chi connectivity index (χ4n) is 4.66. The Labute approximate surface area is 190 Å². The van der Waals surface area contributed by atoms with Crippen LogP contribution in [0.5, 0.6) is 5.75 Å². The molecule has 0 aliphatic carbocycles. The number of nitrogens with one attached hydrogen (secondary N) is 1. The molecule has 0 radical (unpaired) electrons. The highest BCUT2D eigenvalue weighted by Gasteiger charge is 2.37. The van der Waals surface area contributed by atoms with E-state index in [1.54, 1.807) is 7.11 Å². The van der Waals surface area contributed by atoms with E-state index in [2.05, 4.69) is 18.3 Å². The van der Waals surface area contributed by atoms with Crippen molar-refractivity contribution in [3.05, 3.63) is 65.2 Å². The predicted octanol–water partition coefficient (Wildman–Crippen LogP) is 3.17. The molecule has 2 aliphatic rings. The zero-order valence-electron chi connectivity index (χ0n) is 19.0. The van der Waals surface area contributed by atoms with Crippen LogP contribution in [0.15, 0.2) is 48.5 Å². The van der Waals surface area contributed by atoms with Crippen LogP contribution in [0, 0.1) is 5.92 Å². The molecule has 0 spiro atoms. The van der Waals surface area contributed by atoms with Crippen molar-refractivity contribution in [3.8, 4) is 5.75 Å². The summed E-state index contributed by atoms with van der Waals surface area (Å²) in [5, 5.41) is 3.01. The highest BCUT2D eigenvalue weighted by Crippen LogP contribution is 2.32. The van der Waals surface area contributed by atoms with Gasteiger partial charge in [-0.05, 0) is 54.0 Å². The Kier molecular flexibility index (Phi) is 7.10. The quantitative estimate of drug-likeness (QED) is 0.757. The molecule has 1 saturated heterocycles. The number of benzene rings is 2. The topological polar surface area (TPSA) is 61.9 Å². The van der Waals surface area contributed by atoms with Crippen LogP contribution in [0.3, 0.4) is 0 Å². The van der Waals surface area contributed by atoms with Gasteiger partial charge in [0.1, 0.15) is 11.8 Å². The molecule has 6 nitrogen and oxygen atoms in total. The lowest BCUT2D eigenvalue weighted by atomic mass is 9.90. The molecular formula is C26H33N3O3. The maximum atomic E-state index is 13.6. The fraction of sp³-hybridized carbons (Fsp3) is 0.462. The van der Waals surface area contributed by atoms with Gasteiger partial charge < -0.3 is 15.0 Å². The molecule has 2 amide bonds. The average Bonchev–Trinajstić information content (AvgIpc) is 2.83. The normalized spacial score (nSPS) is 19.3. The number of likely N-dealkylation sites (tertiary alicyclic amines) is 1. The number of carbonyl (C=O) groups is 2. The van der Waals surface area contributed by atoms with E-state index >= 15 is 0 Å². The van der Waals surface area contributed by atoms with E-state index < -0.39 is 0 Å². The van der Waals surface area contributed by atoms with Gasteiger partial charge in [0, 0.05) is 26.2 Å². The summed E-state index contributed by atoms with van der Waals surface area (Å²) >= 11 is 0. The van der Waals surface area contributed by atoms with Crippen LogP contribution in [0.2, 0.25) is 0 Å². The Hall–Kier alpha value is -2.86. The van der Waals surface area contributed by atoms with Gasteiger partial charge in [-0.25, -0.2) is 0 Å². The van der Waals surface area contributed by atoms with E-state index in [-0.39, 0.29) is 24.4 Å². The molecule has 32 heavy (non-hydrogen) atoms. The SMILES string of the molecule is COc1ccc(CNC(=O)CN2CCc3ccccc3C2C(=O)N2CCC(C)CC2)cc1. The molecule has 2 aliphatic heterocycles. The monoisotopic (exact) mass is 435 g/mol. The third kappa shape index (κ3) is 5.13. The van der Waals surface area contributed by atoms with Crippen molar-refractivity contribution >= 4 is 11.8 Å². The first-order chi connectivity index (χ1) is 15.5. The number of hydrogen-bond donors (Lipinski definition) is 1. The van der Waals surface area contributed by atoms with E-state index in [9.17, 15) is 9.59 Å². The number of ether oxygens (including phenoxy) is 1. The standard InChI is InChI=1S/C26H33N3O3/c1-19-11-14-28(15-12-19)26(31)25-23-6-4-3-5-21(23)13-16-29(25)18-24(30)27-17-20-7-9-22(32-2)10-8-20/h3-10,19,25H,11-18H2,1-2H3,(H,27,30). The van der Waals surface area contributed by atoms with Crippen LogP contribution in [0.1, 0.15) is 42.5 Å². The Balaban J connectivity index is 1.44. The van der Waals surface area contributed by atoms with Crippen molar-refractivity contribution in [1.82, 2.24) is 15.1 Å². The lowest BCUT2D eigenvalue weighted by Gasteiger charge is -2.40. The summed E-state index contributed by atoms with van der Waals surface area (Å²) in [7, 11) is 1.63. The van der Waals surface area contributed by atoms with Crippen LogP contribution < -0.4 is 10.1 Å². The van der Waals surface area contributed by atoms with Crippen LogP contribution in [-0.2, 0) is 22.6 Å². The van der Waals surface area contributed by atoms with Gasteiger partial charge in [-0.1, -0.05) is 43.3 Å². The molecule has 2 aromatic rings. The molecule has 2 aromatic carbocycles. The lowest BCUT2D eigenvalue weighted by molar-refractivity contribution is -0.140. The minimum Gasteiger partial charge on any atom is -0.497 e. The van der Waals surface area contributed by atoms with Crippen molar-refractivity contribution < 1.29 is 14.3 Å². The van der Waals surface area contributed by atoms with Gasteiger partial charge in [0.15, 0.2) is 0 Å². The van der Waals surface area contributed by atoms with E-state index in [1.165, 1.54) is 5.56 Å². The zero-order valence-corrected chi connectivity index (χ0v) is 19.0. The van der Waals surface area contributed by atoms with Crippen LogP contribution in [-0.4, -0.2) is 54.9 Å². The first-order valence-electron chi connectivity index (χ1n) is 11.6. The van der Waals surface area contributed by atoms with Crippen molar-refractivity contribution in [2.45, 2.75) is 38.8 Å². The number of rotatable bonds is 6. The molecule has 4 rings (SSSR count). The number of hydrogen-bond acceptors (Lipinski definition) is 4. The molecule has 6 heteroatoms. The highest BCUT2D eigenvalue weighted by atomic mass is 16.5. The Morgan fingerprint density at radius 2 is 1.75 bits per heavy atom. The Bertz CT molecular complexity index is 936. The molecule has 2 heterocycles. The smallest absolute Gasteiger partial charge is 0.244 e. The minimum atomic E-state index is -0.389. The molecule has 0 aromatic heterocycles. The highest BCUT2D eigenvalue weighted by molar-refractivity contribution is 5.85. The maximum absolute atomic E-state index is 13.6. The van der Waals surface area contributed by atoms with Gasteiger partial charge >= 0.3 is 0 Å². The van der Waals surface area contributed by atoms with Crippen molar-refractivity contribution in [2.75, 3.05) is 33.3 Å². The molecule has 0 saturated carbocycles. The third-order valence-electron chi connectivity index (χ3n) is 6.71. The van der Waals surface area contributed by atoms with Crippen LogP contribution in [0.25, 0.3) is 0 Å². The molecule has 1 atom stereocenters. The third-order valence-corrected chi connectivity index (χ3v) is 6.71. The minimum absolute atomic E-state index is 0.0646. The van der Waals surface area contributed by atoms with Crippen LogP contribution >= 0.6 is 0 Å². The van der Waals surface area contributed by atoms with E-state index in [1.807, 2.05) is 52.3 Å². The Morgan fingerprint density at radius 3 is 2.47 bits per heavy atom. The molecule has 170 valence electrons. The molecule has 1 unspecified atom stereocenters.